The minimum absolute atomic E-state index is 0.000607. The number of anilines is 2. The number of nitrogens with zero attached hydrogens (tertiary/aromatic N) is 3. The van der Waals surface area contributed by atoms with Gasteiger partial charge in [-0.1, -0.05) is 38.2 Å². The minimum Gasteiger partial charge on any atom is -0.312 e. The van der Waals surface area contributed by atoms with Crippen LogP contribution >= 0.6 is 11.3 Å². The minimum atomic E-state index is -0.449. The van der Waals surface area contributed by atoms with Crippen molar-refractivity contribution in [2.24, 2.45) is 5.41 Å². The maximum absolute atomic E-state index is 12.5. The van der Waals surface area contributed by atoms with Crippen molar-refractivity contribution in [2.45, 2.75) is 53.4 Å². The third-order valence-electron chi connectivity index (χ3n) is 5.15. The zero-order valence-electron chi connectivity index (χ0n) is 16.5. The highest BCUT2D eigenvalue weighted by Crippen LogP contribution is 2.35. The van der Waals surface area contributed by atoms with Gasteiger partial charge < -0.3 is 10.2 Å². The quantitative estimate of drug-likeness (QED) is 0.841. The molecule has 1 N–H and O–H groups in total. The maximum atomic E-state index is 12.5. The van der Waals surface area contributed by atoms with Crippen LogP contribution in [0.25, 0.3) is 0 Å². The first-order valence-electron chi connectivity index (χ1n) is 9.23. The van der Waals surface area contributed by atoms with Crippen LogP contribution in [0.1, 0.15) is 55.7 Å². The van der Waals surface area contributed by atoms with Gasteiger partial charge in [-0.05, 0) is 43.5 Å². The summed E-state index contributed by atoms with van der Waals surface area (Å²) in [6.45, 7) is 10.4. The molecule has 2 heterocycles. The standard InChI is InChI=1S/C20H26N4O2S/c1-6-20(4,5)18(26)21-19-23-22-17(27-19)14-10-16(25)24(11-14)15-8-12(2)7-13(3)9-15/h7-9,14H,6,10-11H2,1-5H3,(H,21,23,26)/t14-/m1/s1. The van der Waals surface area contributed by atoms with E-state index in [1.165, 1.54) is 11.3 Å². The number of aromatic nitrogens is 2. The fourth-order valence-corrected chi connectivity index (χ4v) is 3.94. The van der Waals surface area contributed by atoms with Crippen molar-refractivity contribution in [3.8, 4) is 0 Å². The number of rotatable bonds is 5. The zero-order chi connectivity index (χ0) is 19.8. The lowest BCUT2D eigenvalue weighted by atomic mass is 9.89. The van der Waals surface area contributed by atoms with Crippen LogP contribution in [0.4, 0.5) is 10.8 Å². The van der Waals surface area contributed by atoms with Gasteiger partial charge in [0, 0.05) is 30.0 Å². The Hall–Kier alpha value is -2.28. The van der Waals surface area contributed by atoms with Gasteiger partial charge in [0.15, 0.2) is 0 Å². The van der Waals surface area contributed by atoms with E-state index < -0.39 is 5.41 Å². The number of carbonyl (C=O) groups is 2. The molecular formula is C20H26N4O2S. The van der Waals surface area contributed by atoms with Crippen molar-refractivity contribution in [3.63, 3.8) is 0 Å². The third-order valence-corrected chi connectivity index (χ3v) is 6.15. The summed E-state index contributed by atoms with van der Waals surface area (Å²) >= 11 is 1.36. The number of aryl methyl sites for hydroxylation is 2. The summed E-state index contributed by atoms with van der Waals surface area (Å²) in [6, 6.07) is 6.16. The molecule has 3 rings (SSSR count). The summed E-state index contributed by atoms with van der Waals surface area (Å²) in [5.74, 6) is 0.0330. The fourth-order valence-electron chi connectivity index (χ4n) is 3.11. The van der Waals surface area contributed by atoms with E-state index in [-0.39, 0.29) is 17.7 Å². The van der Waals surface area contributed by atoms with Crippen LogP contribution in [0, 0.1) is 19.3 Å². The SMILES string of the molecule is CCC(C)(C)C(=O)Nc1nnc([C@@H]2CC(=O)N(c3cc(C)cc(C)c3)C2)s1. The van der Waals surface area contributed by atoms with Crippen molar-refractivity contribution in [3.05, 3.63) is 34.3 Å². The molecule has 1 atom stereocenters. The zero-order valence-corrected chi connectivity index (χ0v) is 17.3. The normalized spacial score (nSPS) is 17.4. The van der Waals surface area contributed by atoms with Gasteiger partial charge in [0.25, 0.3) is 0 Å². The Morgan fingerprint density at radius 3 is 2.56 bits per heavy atom. The molecule has 1 aliphatic rings. The molecule has 1 aromatic carbocycles. The molecule has 7 heteroatoms. The number of benzene rings is 1. The second kappa shape index (κ2) is 7.38. The summed E-state index contributed by atoms with van der Waals surface area (Å²) in [7, 11) is 0. The predicted molar refractivity (Wildman–Crippen MR) is 108 cm³/mol. The number of hydrogen-bond acceptors (Lipinski definition) is 5. The molecule has 1 fully saturated rings. The molecule has 1 aromatic heterocycles. The van der Waals surface area contributed by atoms with Crippen LogP contribution in [-0.4, -0.2) is 28.6 Å². The highest BCUT2D eigenvalue weighted by atomic mass is 32.1. The van der Waals surface area contributed by atoms with Crippen molar-refractivity contribution in [1.82, 2.24) is 10.2 Å². The molecule has 1 saturated heterocycles. The van der Waals surface area contributed by atoms with E-state index in [2.05, 4.69) is 21.6 Å². The summed E-state index contributed by atoms with van der Waals surface area (Å²) in [6.07, 6.45) is 1.16. The maximum Gasteiger partial charge on any atom is 0.231 e. The lowest BCUT2D eigenvalue weighted by Gasteiger charge is -2.20. The molecule has 27 heavy (non-hydrogen) atoms. The molecule has 144 valence electrons. The van der Waals surface area contributed by atoms with E-state index in [1.807, 2.05) is 51.7 Å². The predicted octanol–water partition coefficient (Wildman–Crippen LogP) is 4.05. The number of amides is 2. The highest BCUT2D eigenvalue weighted by molar-refractivity contribution is 7.15. The molecule has 0 bridgehead atoms. The van der Waals surface area contributed by atoms with Gasteiger partial charge in [-0.3, -0.25) is 9.59 Å². The van der Waals surface area contributed by atoms with E-state index >= 15 is 0 Å². The van der Waals surface area contributed by atoms with Crippen LogP contribution in [-0.2, 0) is 9.59 Å². The molecule has 1 aliphatic heterocycles. The Morgan fingerprint density at radius 2 is 1.93 bits per heavy atom. The third kappa shape index (κ3) is 4.18. The van der Waals surface area contributed by atoms with Gasteiger partial charge >= 0.3 is 0 Å². The van der Waals surface area contributed by atoms with Crippen LogP contribution < -0.4 is 10.2 Å². The van der Waals surface area contributed by atoms with E-state index in [0.717, 1.165) is 28.2 Å². The molecule has 0 spiro atoms. The van der Waals surface area contributed by atoms with Crippen LogP contribution in [0.15, 0.2) is 18.2 Å². The molecule has 0 radical (unpaired) electrons. The summed E-state index contributed by atoms with van der Waals surface area (Å²) < 4.78 is 0. The van der Waals surface area contributed by atoms with Gasteiger partial charge in [-0.2, -0.15) is 0 Å². The van der Waals surface area contributed by atoms with Crippen molar-refractivity contribution in [1.29, 1.82) is 0 Å². The van der Waals surface area contributed by atoms with Gasteiger partial charge in [0.2, 0.25) is 16.9 Å². The topological polar surface area (TPSA) is 75.2 Å². The Labute approximate surface area is 164 Å². The molecule has 2 aromatic rings. The Morgan fingerprint density at radius 1 is 1.26 bits per heavy atom. The fraction of sp³-hybridized carbons (Fsp3) is 0.500. The molecule has 6 nitrogen and oxygen atoms in total. The molecule has 0 aliphatic carbocycles. The second-order valence-corrected chi connectivity index (χ2v) is 8.90. The number of hydrogen-bond donors (Lipinski definition) is 1. The largest absolute Gasteiger partial charge is 0.312 e. The summed E-state index contributed by atoms with van der Waals surface area (Å²) in [5.41, 5.74) is 2.76. The smallest absolute Gasteiger partial charge is 0.231 e. The number of carbonyl (C=O) groups excluding carboxylic acids is 2. The Kier molecular flexibility index (Phi) is 5.33. The van der Waals surface area contributed by atoms with Crippen LogP contribution in [0.5, 0.6) is 0 Å². The second-order valence-electron chi connectivity index (χ2n) is 7.89. The van der Waals surface area contributed by atoms with Gasteiger partial charge in [0.05, 0.1) is 0 Å². The monoisotopic (exact) mass is 386 g/mol. The highest BCUT2D eigenvalue weighted by Gasteiger charge is 2.34. The Bertz CT molecular complexity index is 854. The molecule has 0 unspecified atom stereocenters. The van der Waals surface area contributed by atoms with Crippen LogP contribution in [0.2, 0.25) is 0 Å². The van der Waals surface area contributed by atoms with E-state index in [1.54, 1.807) is 0 Å². The lowest BCUT2D eigenvalue weighted by Crippen LogP contribution is -2.29. The first kappa shape index (κ1) is 19.5. The number of nitrogens with one attached hydrogen (secondary N) is 1. The average molecular weight is 387 g/mol. The molecule has 2 amide bonds. The van der Waals surface area contributed by atoms with E-state index in [4.69, 9.17) is 0 Å². The molecular weight excluding hydrogens is 360 g/mol. The van der Waals surface area contributed by atoms with Crippen molar-refractivity contribution < 1.29 is 9.59 Å². The lowest BCUT2D eigenvalue weighted by molar-refractivity contribution is -0.124. The Balaban J connectivity index is 1.73. The molecule has 0 saturated carbocycles. The first-order valence-corrected chi connectivity index (χ1v) is 10.0. The summed E-state index contributed by atoms with van der Waals surface area (Å²) in [5, 5.41) is 12.5. The van der Waals surface area contributed by atoms with Crippen molar-refractivity contribution >= 4 is 34.0 Å². The average Bonchev–Trinajstić information content (AvgIpc) is 3.20. The summed E-state index contributed by atoms with van der Waals surface area (Å²) in [4.78, 5) is 26.7. The van der Waals surface area contributed by atoms with Gasteiger partial charge in [-0.15, -0.1) is 10.2 Å². The van der Waals surface area contributed by atoms with Crippen molar-refractivity contribution in [2.75, 3.05) is 16.8 Å². The van der Waals surface area contributed by atoms with E-state index in [0.29, 0.717) is 18.1 Å². The van der Waals surface area contributed by atoms with Gasteiger partial charge in [0.1, 0.15) is 5.01 Å². The van der Waals surface area contributed by atoms with Gasteiger partial charge in [-0.25, -0.2) is 0 Å². The van der Waals surface area contributed by atoms with E-state index in [9.17, 15) is 9.59 Å². The van der Waals surface area contributed by atoms with Crippen LogP contribution in [0.3, 0.4) is 0 Å². The first-order chi connectivity index (χ1) is 12.7.